The first kappa shape index (κ1) is 15.0. The molecule has 0 aliphatic heterocycles. The molecule has 5 heteroatoms. The van der Waals surface area contributed by atoms with Gasteiger partial charge >= 0.3 is 6.03 Å². The lowest BCUT2D eigenvalue weighted by molar-refractivity contribution is 0.0632. The minimum Gasteiger partial charge on any atom is -0.306 e. The molecule has 0 saturated heterocycles. The second-order valence-electron chi connectivity index (χ2n) is 3.97. The second kappa shape index (κ2) is 8.94. The van der Waals surface area contributed by atoms with Crippen LogP contribution in [0.3, 0.4) is 0 Å². The molecule has 0 spiro atoms. The maximum Gasteiger partial charge on any atom is 0.343 e. The molecule has 100 valence electrons. The Morgan fingerprint density at radius 1 is 1.22 bits per heavy atom. The fourth-order valence-corrected chi connectivity index (χ4v) is 1.67. The lowest BCUT2D eigenvalue weighted by Crippen LogP contribution is -2.29. The molecule has 0 fully saturated rings. The molecule has 1 aromatic rings. The Morgan fingerprint density at radius 3 is 2.61 bits per heavy atom. The van der Waals surface area contributed by atoms with Gasteiger partial charge in [0.1, 0.15) is 0 Å². The van der Waals surface area contributed by atoms with Crippen molar-refractivity contribution in [3.8, 4) is 0 Å². The average Bonchev–Trinajstić information content (AvgIpc) is 2.36. The van der Waals surface area contributed by atoms with Gasteiger partial charge in [-0.3, -0.25) is 4.84 Å². The summed E-state index contributed by atoms with van der Waals surface area (Å²) < 4.78 is 0.973. The number of rotatable bonds is 7. The van der Waals surface area contributed by atoms with E-state index in [1.807, 2.05) is 24.3 Å². The SMILES string of the molecule is CCCCCCONC(=O)Nc1ccc(Br)cc1. The molecule has 1 rings (SSSR count). The van der Waals surface area contributed by atoms with Crippen LogP contribution in [0.15, 0.2) is 28.7 Å². The molecule has 0 bridgehead atoms. The zero-order valence-electron chi connectivity index (χ0n) is 10.5. The molecule has 18 heavy (non-hydrogen) atoms. The number of carbonyl (C=O) groups excluding carboxylic acids is 1. The van der Waals surface area contributed by atoms with E-state index in [9.17, 15) is 4.79 Å². The number of hydroxylamine groups is 1. The van der Waals surface area contributed by atoms with Gasteiger partial charge in [-0.2, -0.15) is 0 Å². The van der Waals surface area contributed by atoms with Crippen molar-refractivity contribution in [1.29, 1.82) is 0 Å². The molecule has 2 amide bonds. The second-order valence-corrected chi connectivity index (χ2v) is 4.89. The summed E-state index contributed by atoms with van der Waals surface area (Å²) in [4.78, 5) is 16.5. The molecular formula is C13H19BrN2O2. The third-order valence-electron chi connectivity index (χ3n) is 2.37. The molecule has 0 saturated carbocycles. The highest BCUT2D eigenvalue weighted by Crippen LogP contribution is 2.13. The molecular weight excluding hydrogens is 296 g/mol. The number of benzene rings is 1. The fourth-order valence-electron chi connectivity index (χ4n) is 1.41. The predicted octanol–water partition coefficient (Wildman–Crippen LogP) is 4.08. The van der Waals surface area contributed by atoms with Gasteiger partial charge in [-0.25, -0.2) is 10.3 Å². The van der Waals surface area contributed by atoms with E-state index in [4.69, 9.17) is 4.84 Å². The summed E-state index contributed by atoms with van der Waals surface area (Å²) in [6, 6.07) is 6.99. The summed E-state index contributed by atoms with van der Waals surface area (Å²) in [7, 11) is 0. The first-order valence-electron chi connectivity index (χ1n) is 6.16. The van der Waals surface area contributed by atoms with Crippen molar-refractivity contribution < 1.29 is 9.63 Å². The van der Waals surface area contributed by atoms with Gasteiger partial charge in [0.2, 0.25) is 0 Å². The lowest BCUT2D eigenvalue weighted by atomic mass is 10.2. The Kier molecular flexibility index (Phi) is 7.44. The number of nitrogens with one attached hydrogen (secondary N) is 2. The maximum atomic E-state index is 11.4. The number of hydrogen-bond acceptors (Lipinski definition) is 2. The molecule has 0 unspecified atom stereocenters. The molecule has 0 radical (unpaired) electrons. The van der Waals surface area contributed by atoms with Crippen molar-refractivity contribution in [3.05, 3.63) is 28.7 Å². The van der Waals surface area contributed by atoms with Gasteiger partial charge in [0, 0.05) is 10.2 Å². The molecule has 1 aromatic carbocycles. The zero-order valence-corrected chi connectivity index (χ0v) is 12.1. The van der Waals surface area contributed by atoms with Crippen molar-refractivity contribution in [2.45, 2.75) is 32.6 Å². The van der Waals surface area contributed by atoms with E-state index in [0.717, 1.165) is 23.0 Å². The standard InChI is InChI=1S/C13H19BrN2O2/c1-2-3-4-5-10-18-16-13(17)15-12-8-6-11(14)7-9-12/h6-9H,2-5,10H2,1H3,(H2,15,16,17). The maximum absolute atomic E-state index is 11.4. The van der Waals surface area contributed by atoms with Crippen molar-refractivity contribution in [3.63, 3.8) is 0 Å². The quantitative estimate of drug-likeness (QED) is 0.588. The minimum absolute atomic E-state index is 0.354. The number of halogens is 1. The summed E-state index contributed by atoms with van der Waals surface area (Å²) in [5.74, 6) is 0. The van der Waals surface area contributed by atoms with Gasteiger partial charge in [-0.1, -0.05) is 42.1 Å². The van der Waals surface area contributed by atoms with E-state index in [2.05, 4.69) is 33.7 Å². The fraction of sp³-hybridized carbons (Fsp3) is 0.462. The van der Waals surface area contributed by atoms with Gasteiger partial charge in [0.25, 0.3) is 0 Å². The first-order chi connectivity index (χ1) is 8.72. The Labute approximate surface area is 116 Å². The highest BCUT2D eigenvalue weighted by molar-refractivity contribution is 9.10. The lowest BCUT2D eigenvalue weighted by Gasteiger charge is -2.07. The molecule has 0 aromatic heterocycles. The zero-order chi connectivity index (χ0) is 13.2. The number of unbranched alkanes of at least 4 members (excludes halogenated alkanes) is 3. The number of amides is 2. The average molecular weight is 315 g/mol. The first-order valence-corrected chi connectivity index (χ1v) is 6.96. The Hall–Kier alpha value is -1.07. The summed E-state index contributed by atoms with van der Waals surface area (Å²) in [6.45, 7) is 2.71. The van der Waals surface area contributed by atoms with E-state index >= 15 is 0 Å². The minimum atomic E-state index is -0.354. The van der Waals surface area contributed by atoms with E-state index in [1.165, 1.54) is 12.8 Å². The summed E-state index contributed by atoms with van der Waals surface area (Å²) in [5.41, 5.74) is 3.09. The van der Waals surface area contributed by atoms with E-state index in [-0.39, 0.29) is 6.03 Å². The molecule has 0 aliphatic carbocycles. The van der Waals surface area contributed by atoms with Crippen LogP contribution in [0.2, 0.25) is 0 Å². The summed E-state index contributed by atoms with van der Waals surface area (Å²) >= 11 is 3.33. The molecule has 0 atom stereocenters. The van der Waals surface area contributed by atoms with Crippen LogP contribution in [-0.4, -0.2) is 12.6 Å². The Balaban J connectivity index is 2.12. The summed E-state index contributed by atoms with van der Waals surface area (Å²) in [5, 5.41) is 2.68. The normalized spacial score (nSPS) is 10.1. The molecule has 2 N–H and O–H groups in total. The van der Waals surface area contributed by atoms with Crippen LogP contribution in [0.4, 0.5) is 10.5 Å². The van der Waals surface area contributed by atoms with Crippen molar-refractivity contribution in [2.75, 3.05) is 11.9 Å². The van der Waals surface area contributed by atoms with Crippen LogP contribution in [0, 0.1) is 0 Å². The highest BCUT2D eigenvalue weighted by Gasteiger charge is 2.00. The van der Waals surface area contributed by atoms with Gasteiger partial charge in [0.05, 0.1) is 6.61 Å². The Bertz CT molecular complexity index is 355. The number of carbonyl (C=O) groups is 1. The monoisotopic (exact) mass is 314 g/mol. The van der Waals surface area contributed by atoms with Crippen molar-refractivity contribution >= 4 is 27.6 Å². The van der Waals surface area contributed by atoms with Crippen LogP contribution in [0.5, 0.6) is 0 Å². The van der Waals surface area contributed by atoms with Gasteiger partial charge in [-0.15, -0.1) is 0 Å². The third kappa shape index (κ3) is 6.61. The van der Waals surface area contributed by atoms with Crippen LogP contribution in [0.25, 0.3) is 0 Å². The van der Waals surface area contributed by atoms with Gasteiger partial charge < -0.3 is 5.32 Å². The highest BCUT2D eigenvalue weighted by atomic mass is 79.9. The molecule has 0 aliphatic rings. The number of urea groups is 1. The molecule has 0 heterocycles. The third-order valence-corrected chi connectivity index (χ3v) is 2.90. The topological polar surface area (TPSA) is 50.4 Å². The van der Waals surface area contributed by atoms with Crippen LogP contribution < -0.4 is 10.8 Å². The smallest absolute Gasteiger partial charge is 0.306 e. The largest absolute Gasteiger partial charge is 0.343 e. The Morgan fingerprint density at radius 2 is 1.94 bits per heavy atom. The van der Waals surface area contributed by atoms with Crippen LogP contribution in [0.1, 0.15) is 32.6 Å². The number of anilines is 1. The van der Waals surface area contributed by atoms with E-state index in [1.54, 1.807) is 0 Å². The molecule has 4 nitrogen and oxygen atoms in total. The van der Waals surface area contributed by atoms with Crippen molar-refractivity contribution in [2.24, 2.45) is 0 Å². The van der Waals surface area contributed by atoms with E-state index in [0.29, 0.717) is 6.61 Å². The predicted molar refractivity (Wildman–Crippen MR) is 76.4 cm³/mol. The number of hydrogen-bond donors (Lipinski definition) is 2. The van der Waals surface area contributed by atoms with E-state index < -0.39 is 0 Å². The summed E-state index contributed by atoms with van der Waals surface area (Å²) in [6.07, 6.45) is 4.49. The van der Waals surface area contributed by atoms with Crippen molar-refractivity contribution in [1.82, 2.24) is 5.48 Å². The van der Waals surface area contributed by atoms with Crippen LogP contribution in [-0.2, 0) is 4.84 Å². The van der Waals surface area contributed by atoms with Gasteiger partial charge in [-0.05, 0) is 30.7 Å². The van der Waals surface area contributed by atoms with Crippen LogP contribution >= 0.6 is 15.9 Å². The van der Waals surface area contributed by atoms with Gasteiger partial charge in [0.15, 0.2) is 0 Å².